The lowest BCUT2D eigenvalue weighted by atomic mass is 9.71. The molecule has 4 heteroatoms. The molecule has 0 radical (unpaired) electrons. The summed E-state index contributed by atoms with van der Waals surface area (Å²) < 4.78 is 0. The minimum atomic E-state index is -0.0768. The van der Waals surface area contributed by atoms with Crippen molar-refractivity contribution in [3.8, 4) is 0 Å². The first-order valence-electron chi connectivity index (χ1n) is 7.01. The van der Waals surface area contributed by atoms with Crippen molar-refractivity contribution in [3.05, 3.63) is 47.5 Å². The highest BCUT2D eigenvalue weighted by Gasteiger charge is 2.64. The highest BCUT2D eigenvalue weighted by Crippen LogP contribution is 2.51. The maximum absolute atomic E-state index is 12.7. The number of hydrazine groups is 1. The van der Waals surface area contributed by atoms with E-state index in [9.17, 15) is 9.59 Å². The fourth-order valence-electron chi connectivity index (χ4n) is 3.76. The number of nitrogens with zero attached hydrogens (tertiary/aromatic N) is 2. The van der Waals surface area contributed by atoms with E-state index < -0.39 is 0 Å². The first-order valence-corrected chi connectivity index (χ1v) is 7.01. The Hall–Kier alpha value is -2.10. The van der Waals surface area contributed by atoms with E-state index in [0.717, 1.165) is 0 Å². The van der Waals surface area contributed by atoms with Crippen LogP contribution in [0.25, 0.3) is 0 Å². The highest BCUT2D eigenvalue weighted by molar-refractivity contribution is 5.98. The molecule has 2 saturated heterocycles. The Morgan fingerprint density at radius 1 is 1.20 bits per heavy atom. The minimum Gasteiger partial charge on any atom is -0.273 e. The zero-order valence-electron chi connectivity index (χ0n) is 11.5. The summed E-state index contributed by atoms with van der Waals surface area (Å²) >= 11 is 0. The molecule has 2 fully saturated rings. The van der Waals surface area contributed by atoms with Crippen LogP contribution in [-0.2, 0) is 4.79 Å². The van der Waals surface area contributed by atoms with E-state index >= 15 is 0 Å². The smallest absolute Gasteiger partial charge is 0.273 e. The molecule has 0 unspecified atom stereocenters. The summed E-state index contributed by atoms with van der Waals surface area (Å²) in [5.74, 6) is 0.345. The van der Waals surface area contributed by atoms with E-state index in [1.54, 1.807) is 22.2 Å². The van der Waals surface area contributed by atoms with Crippen molar-refractivity contribution < 1.29 is 9.59 Å². The molecule has 0 bridgehead atoms. The number of β-lactam (4-membered cyclic amide) rings is 1. The van der Waals surface area contributed by atoms with Crippen molar-refractivity contribution in [1.82, 2.24) is 10.0 Å². The van der Waals surface area contributed by atoms with Crippen LogP contribution in [-0.4, -0.2) is 33.9 Å². The second-order valence-electron chi connectivity index (χ2n) is 5.90. The number of carbonyl (C=O) groups excluding carboxylic acids is 2. The fraction of sp³-hybridized carbons (Fsp3) is 0.375. The normalized spacial score (nSPS) is 33.9. The Kier molecular flexibility index (Phi) is 2.18. The zero-order valence-corrected chi connectivity index (χ0v) is 11.5. The van der Waals surface area contributed by atoms with Crippen LogP contribution in [0, 0.1) is 11.8 Å². The lowest BCUT2D eigenvalue weighted by molar-refractivity contribution is -0.170. The summed E-state index contributed by atoms with van der Waals surface area (Å²) in [7, 11) is 0. The lowest BCUT2D eigenvalue weighted by Crippen LogP contribution is -2.63. The zero-order chi connectivity index (χ0) is 14.0. The van der Waals surface area contributed by atoms with Gasteiger partial charge in [0, 0.05) is 11.5 Å². The predicted molar refractivity (Wildman–Crippen MR) is 73.4 cm³/mol. The Labute approximate surface area is 117 Å². The van der Waals surface area contributed by atoms with Gasteiger partial charge in [-0.2, -0.15) is 0 Å². The highest BCUT2D eigenvalue weighted by atomic mass is 16.2. The molecule has 4 nitrogen and oxygen atoms in total. The second kappa shape index (κ2) is 3.72. The number of hydrogen-bond acceptors (Lipinski definition) is 2. The van der Waals surface area contributed by atoms with Gasteiger partial charge < -0.3 is 0 Å². The van der Waals surface area contributed by atoms with E-state index in [4.69, 9.17) is 0 Å². The maximum atomic E-state index is 12.7. The van der Waals surface area contributed by atoms with E-state index in [2.05, 4.69) is 13.0 Å². The van der Waals surface area contributed by atoms with Gasteiger partial charge in [0.1, 0.15) is 0 Å². The Morgan fingerprint density at radius 2 is 1.90 bits per heavy atom. The van der Waals surface area contributed by atoms with Gasteiger partial charge in [-0.25, -0.2) is 10.0 Å². The van der Waals surface area contributed by atoms with E-state index in [1.807, 2.05) is 25.1 Å². The topological polar surface area (TPSA) is 40.6 Å². The Morgan fingerprint density at radius 3 is 2.55 bits per heavy atom. The van der Waals surface area contributed by atoms with Crippen LogP contribution in [0.15, 0.2) is 42.0 Å². The molecule has 20 heavy (non-hydrogen) atoms. The standard InChI is InChI=1S/C16H16N2O2/c1-9-8-12-13(9)14-10(2)15(19)18(14)17(12)16(20)11-6-4-3-5-7-11/h3-8,10,12-14H,1-2H3/t10-,12-,13+,14+/m1/s1. The molecule has 2 aliphatic heterocycles. The summed E-state index contributed by atoms with van der Waals surface area (Å²) in [4.78, 5) is 24.8. The Bertz CT molecular complexity index is 637. The van der Waals surface area contributed by atoms with Crippen molar-refractivity contribution >= 4 is 11.8 Å². The molecule has 2 amide bonds. The van der Waals surface area contributed by atoms with Crippen molar-refractivity contribution in [1.29, 1.82) is 0 Å². The van der Waals surface area contributed by atoms with Gasteiger partial charge in [0.25, 0.3) is 5.91 Å². The summed E-state index contributed by atoms with van der Waals surface area (Å²) in [5, 5.41) is 3.35. The molecular formula is C16H16N2O2. The summed E-state index contributed by atoms with van der Waals surface area (Å²) in [6.07, 6.45) is 2.10. The molecule has 102 valence electrons. The number of carbonyl (C=O) groups is 2. The number of rotatable bonds is 1. The van der Waals surface area contributed by atoms with Gasteiger partial charge in [-0.15, -0.1) is 0 Å². The minimum absolute atomic E-state index is 0.0275. The van der Waals surface area contributed by atoms with E-state index in [0.29, 0.717) is 11.5 Å². The van der Waals surface area contributed by atoms with Crippen molar-refractivity contribution in [2.75, 3.05) is 0 Å². The third-order valence-corrected chi connectivity index (χ3v) is 4.85. The molecule has 0 N–H and O–H groups in total. The monoisotopic (exact) mass is 268 g/mol. The average molecular weight is 268 g/mol. The second-order valence-corrected chi connectivity index (χ2v) is 5.90. The van der Waals surface area contributed by atoms with Gasteiger partial charge in [-0.3, -0.25) is 9.59 Å². The number of amides is 2. The van der Waals surface area contributed by atoms with Crippen LogP contribution in [0.5, 0.6) is 0 Å². The van der Waals surface area contributed by atoms with E-state index in [-0.39, 0.29) is 29.8 Å². The third kappa shape index (κ3) is 1.22. The van der Waals surface area contributed by atoms with Gasteiger partial charge in [0.05, 0.1) is 18.0 Å². The first-order chi connectivity index (χ1) is 9.61. The molecule has 2 heterocycles. The molecular weight excluding hydrogens is 252 g/mol. The van der Waals surface area contributed by atoms with Crippen LogP contribution >= 0.6 is 0 Å². The largest absolute Gasteiger partial charge is 0.273 e. The fourth-order valence-corrected chi connectivity index (χ4v) is 3.76. The van der Waals surface area contributed by atoms with Gasteiger partial charge in [0.2, 0.25) is 5.91 Å². The van der Waals surface area contributed by atoms with Crippen LogP contribution in [0.4, 0.5) is 0 Å². The summed E-state index contributed by atoms with van der Waals surface area (Å²) in [5.41, 5.74) is 1.94. The van der Waals surface area contributed by atoms with Gasteiger partial charge in [0.15, 0.2) is 0 Å². The number of hydrogen-bond donors (Lipinski definition) is 0. The lowest BCUT2D eigenvalue weighted by Gasteiger charge is -2.44. The predicted octanol–water partition coefficient (Wildman–Crippen LogP) is 1.85. The molecule has 1 aromatic rings. The SMILES string of the molecule is CC1=C[C@@H]2[C@H]1[C@@H]1[C@@H](C)C(=O)N1N2C(=O)c1ccccc1. The number of fused-ring (bicyclic) bond motifs is 3. The molecule has 4 atom stereocenters. The molecule has 1 aromatic carbocycles. The van der Waals surface area contributed by atoms with Crippen LogP contribution in [0.3, 0.4) is 0 Å². The average Bonchev–Trinajstić information content (AvgIpc) is 2.73. The van der Waals surface area contributed by atoms with Crippen molar-refractivity contribution in [2.24, 2.45) is 11.8 Å². The van der Waals surface area contributed by atoms with Gasteiger partial charge in [-0.05, 0) is 19.1 Å². The van der Waals surface area contributed by atoms with Crippen LogP contribution in [0.2, 0.25) is 0 Å². The van der Waals surface area contributed by atoms with Crippen LogP contribution < -0.4 is 0 Å². The van der Waals surface area contributed by atoms with E-state index in [1.165, 1.54) is 5.57 Å². The van der Waals surface area contributed by atoms with Gasteiger partial charge in [-0.1, -0.05) is 36.8 Å². The third-order valence-electron chi connectivity index (χ3n) is 4.85. The molecule has 1 aliphatic carbocycles. The molecule has 4 rings (SSSR count). The maximum Gasteiger partial charge on any atom is 0.273 e. The quantitative estimate of drug-likeness (QED) is 0.576. The number of benzene rings is 1. The Balaban J connectivity index is 1.72. The van der Waals surface area contributed by atoms with Gasteiger partial charge >= 0.3 is 0 Å². The molecule has 3 aliphatic rings. The summed E-state index contributed by atoms with van der Waals surface area (Å²) in [6, 6.07) is 9.41. The summed E-state index contributed by atoms with van der Waals surface area (Å²) in [6.45, 7) is 4.05. The molecule has 0 saturated carbocycles. The first kappa shape index (κ1) is 11.7. The van der Waals surface area contributed by atoms with Crippen molar-refractivity contribution in [3.63, 3.8) is 0 Å². The van der Waals surface area contributed by atoms with Crippen LogP contribution in [0.1, 0.15) is 24.2 Å². The molecule has 0 spiro atoms. The van der Waals surface area contributed by atoms with Crippen molar-refractivity contribution in [2.45, 2.75) is 25.9 Å². The molecule has 0 aromatic heterocycles.